The van der Waals surface area contributed by atoms with Gasteiger partial charge in [0.05, 0.1) is 16.2 Å². The molecular formula is C16H23NO3S. The minimum atomic E-state index is -3.39. The molecule has 1 atom stereocenters. The third kappa shape index (κ3) is 3.46. The van der Waals surface area contributed by atoms with E-state index in [2.05, 4.69) is 0 Å². The van der Waals surface area contributed by atoms with Gasteiger partial charge in [0, 0.05) is 12.6 Å². The lowest BCUT2D eigenvalue weighted by molar-refractivity contribution is 0.0631. The SMILES string of the molecule is CCCS(=O)(=O)c1ccccc1C(=O)N1CCCCC1C. The summed E-state index contributed by atoms with van der Waals surface area (Å²) >= 11 is 0. The molecule has 1 saturated heterocycles. The Kier molecular flexibility index (Phi) is 5.04. The predicted molar refractivity (Wildman–Crippen MR) is 83.1 cm³/mol. The van der Waals surface area contributed by atoms with Gasteiger partial charge in [-0.2, -0.15) is 0 Å². The number of hydrogen-bond acceptors (Lipinski definition) is 3. The van der Waals surface area contributed by atoms with Gasteiger partial charge in [0.2, 0.25) is 0 Å². The van der Waals surface area contributed by atoms with Crippen molar-refractivity contribution in [3.8, 4) is 0 Å². The molecule has 0 saturated carbocycles. The number of nitrogens with zero attached hydrogens (tertiary/aromatic N) is 1. The molecule has 0 aromatic heterocycles. The Balaban J connectivity index is 2.38. The van der Waals surface area contributed by atoms with Crippen LogP contribution in [0.5, 0.6) is 0 Å². The van der Waals surface area contributed by atoms with E-state index in [4.69, 9.17) is 0 Å². The maximum atomic E-state index is 12.7. The second kappa shape index (κ2) is 6.60. The van der Waals surface area contributed by atoms with Crippen LogP contribution in [-0.4, -0.2) is 37.6 Å². The highest BCUT2D eigenvalue weighted by Gasteiger charge is 2.28. The number of benzene rings is 1. The van der Waals surface area contributed by atoms with Gasteiger partial charge >= 0.3 is 0 Å². The molecule has 1 aromatic rings. The topological polar surface area (TPSA) is 54.5 Å². The second-order valence-electron chi connectivity index (χ2n) is 5.66. The van der Waals surface area contributed by atoms with E-state index >= 15 is 0 Å². The molecule has 1 aromatic carbocycles. The minimum absolute atomic E-state index is 0.0762. The molecule has 0 spiro atoms. The average molecular weight is 309 g/mol. The van der Waals surface area contributed by atoms with E-state index in [0.29, 0.717) is 18.5 Å². The van der Waals surface area contributed by atoms with Crippen LogP contribution in [0.3, 0.4) is 0 Å². The van der Waals surface area contributed by atoms with Crippen LogP contribution in [0.4, 0.5) is 0 Å². The summed E-state index contributed by atoms with van der Waals surface area (Å²) in [6, 6.07) is 6.76. The first-order chi connectivity index (χ1) is 9.97. The fourth-order valence-electron chi connectivity index (χ4n) is 2.85. The quantitative estimate of drug-likeness (QED) is 0.859. The standard InChI is InChI=1S/C16H23NO3S/c1-3-12-21(19,20)15-10-5-4-9-14(15)16(18)17-11-7-6-8-13(17)2/h4-5,9-10,13H,3,6-8,11-12H2,1-2H3. The number of amides is 1. The third-order valence-corrected chi connectivity index (χ3v) is 5.96. The largest absolute Gasteiger partial charge is 0.336 e. The Morgan fingerprint density at radius 3 is 2.67 bits per heavy atom. The van der Waals surface area contributed by atoms with Crippen LogP contribution in [-0.2, 0) is 9.84 Å². The van der Waals surface area contributed by atoms with Crippen molar-refractivity contribution in [3.05, 3.63) is 29.8 Å². The monoisotopic (exact) mass is 309 g/mol. The van der Waals surface area contributed by atoms with Crippen molar-refractivity contribution in [1.82, 2.24) is 4.90 Å². The van der Waals surface area contributed by atoms with Gasteiger partial charge in [-0.1, -0.05) is 19.1 Å². The predicted octanol–water partition coefficient (Wildman–Crippen LogP) is 2.88. The summed E-state index contributed by atoms with van der Waals surface area (Å²) in [6.07, 6.45) is 3.64. The van der Waals surface area contributed by atoms with E-state index in [9.17, 15) is 13.2 Å². The van der Waals surface area contributed by atoms with Gasteiger partial charge in [-0.3, -0.25) is 4.79 Å². The summed E-state index contributed by atoms with van der Waals surface area (Å²) in [5.41, 5.74) is 0.319. The van der Waals surface area contributed by atoms with Crippen molar-refractivity contribution >= 4 is 15.7 Å². The van der Waals surface area contributed by atoms with Gasteiger partial charge in [0.25, 0.3) is 5.91 Å². The van der Waals surface area contributed by atoms with Crippen LogP contribution in [0.25, 0.3) is 0 Å². The summed E-state index contributed by atoms with van der Waals surface area (Å²) in [7, 11) is -3.39. The van der Waals surface area contributed by atoms with Gasteiger partial charge in [-0.15, -0.1) is 0 Å². The molecule has 2 rings (SSSR count). The Hall–Kier alpha value is -1.36. The van der Waals surface area contributed by atoms with Gasteiger partial charge < -0.3 is 4.90 Å². The van der Waals surface area contributed by atoms with Crippen molar-refractivity contribution in [3.63, 3.8) is 0 Å². The zero-order valence-electron chi connectivity index (χ0n) is 12.7. The Morgan fingerprint density at radius 1 is 1.29 bits per heavy atom. The lowest BCUT2D eigenvalue weighted by Gasteiger charge is -2.33. The molecule has 1 aliphatic heterocycles. The molecule has 0 aliphatic carbocycles. The maximum absolute atomic E-state index is 12.7. The fourth-order valence-corrected chi connectivity index (χ4v) is 4.38. The molecule has 4 nitrogen and oxygen atoms in total. The van der Waals surface area contributed by atoms with Crippen molar-refractivity contribution < 1.29 is 13.2 Å². The van der Waals surface area contributed by atoms with E-state index in [1.807, 2.05) is 18.7 Å². The molecule has 1 unspecified atom stereocenters. The summed E-state index contributed by atoms with van der Waals surface area (Å²) in [5, 5.41) is 0. The van der Waals surface area contributed by atoms with Crippen LogP contribution in [0.15, 0.2) is 29.2 Å². The number of sulfone groups is 1. The first-order valence-electron chi connectivity index (χ1n) is 7.60. The highest BCUT2D eigenvalue weighted by atomic mass is 32.2. The summed E-state index contributed by atoms with van der Waals surface area (Å²) in [6.45, 7) is 4.57. The lowest BCUT2D eigenvalue weighted by atomic mass is 10.0. The Labute approximate surface area is 127 Å². The smallest absolute Gasteiger partial charge is 0.255 e. The Morgan fingerprint density at radius 2 is 2.00 bits per heavy atom. The molecule has 21 heavy (non-hydrogen) atoms. The number of likely N-dealkylation sites (tertiary alicyclic amines) is 1. The first-order valence-corrected chi connectivity index (χ1v) is 9.25. The molecule has 1 amide bonds. The van der Waals surface area contributed by atoms with Gasteiger partial charge in [-0.25, -0.2) is 8.42 Å². The first kappa shape index (κ1) is 16.0. The lowest BCUT2D eigenvalue weighted by Crippen LogP contribution is -2.42. The van der Waals surface area contributed by atoms with E-state index < -0.39 is 9.84 Å². The van der Waals surface area contributed by atoms with Gasteiger partial charge in [-0.05, 0) is 44.7 Å². The van der Waals surface area contributed by atoms with Crippen molar-refractivity contribution in [2.45, 2.75) is 50.5 Å². The molecule has 1 heterocycles. The zero-order valence-corrected chi connectivity index (χ0v) is 13.5. The van der Waals surface area contributed by atoms with Crippen LogP contribution in [0.2, 0.25) is 0 Å². The molecule has 1 fully saturated rings. The second-order valence-corrected chi connectivity index (χ2v) is 7.74. The van der Waals surface area contributed by atoms with Crippen LogP contribution < -0.4 is 0 Å². The molecule has 1 aliphatic rings. The van der Waals surface area contributed by atoms with E-state index in [1.165, 1.54) is 0 Å². The zero-order chi connectivity index (χ0) is 15.5. The molecule has 0 N–H and O–H groups in total. The fraction of sp³-hybridized carbons (Fsp3) is 0.562. The molecule has 5 heteroatoms. The summed E-state index contributed by atoms with van der Waals surface area (Å²) < 4.78 is 24.7. The van der Waals surface area contributed by atoms with E-state index in [1.54, 1.807) is 24.3 Å². The van der Waals surface area contributed by atoms with Crippen LogP contribution in [0, 0.1) is 0 Å². The molecule has 0 radical (unpaired) electrons. The summed E-state index contributed by atoms with van der Waals surface area (Å²) in [4.78, 5) is 14.7. The molecule has 0 bridgehead atoms. The highest BCUT2D eigenvalue weighted by molar-refractivity contribution is 7.91. The number of carbonyl (C=O) groups excluding carboxylic acids is 1. The van der Waals surface area contributed by atoms with Crippen molar-refractivity contribution in [2.24, 2.45) is 0 Å². The Bertz CT molecular complexity index is 610. The van der Waals surface area contributed by atoms with E-state index in [-0.39, 0.29) is 22.6 Å². The molecule has 116 valence electrons. The third-order valence-electron chi connectivity index (χ3n) is 3.99. The molecular weight excluding hydrogens is 286 g/mol. The number of rotatable bonds is 4. The highest BCUT2D eigenvalue weighted by Crippen LogP contribution is 2.24. The van der Waals surface area contributed by atoms with Crippen LogP contribution in [0.1, 0.15) is 49.9 Å². The van der Waals surface area contributed by atoms with Crippen LogP contribution >= 0.6 is 0 Å². The normalized spacial score (nSPS) is 19.5. The minimum Gasteiger partial charge on any atom is -0.336 e. The number of hydrogen-bond donors (Lipinski definition) is 0. The van der Waals surface area contributed by atoms with E-state index in [0.717, 1.165) is 19.3 Å². The van der Waals surface area contributed by atoms with Gasteiger partial charge in [0.1, 0.15) is 0 Å². The van der Waals surface area contributed by atoms with Crippen molar-refractivity contribution in [2.75, 3.05) is 12.3 Å². The number of piperidine rings is 1. The maximum Gasteiger partial charge on any atom is 0.255 e. The van der Waals surface area contributed by atoms with Crippen molar-refractivity contribution in [1.29, 1.82) is 0 Å². The average Bonchev–Trinajstić information content (AvgIpc) is 2.47. The van der Waals surface area contributed by atoms with Gasteiger partial charge in [0.15, 0.2) is 9.84 Å². The number of carbonyl (C=O) groups is 1. The summed E-state index contributed by atoms with van der Waals surface area (Å²) in [5.74, 6) is -0.0789.